The third-order valence-corrected chi connectivity index (χ3v) is 16.0. The first kappa shape index (κ1) is 45.6. The molecule has 3 heterocycles. The van der Waals surface area contributed by atoms with Crippen molar-refractivity contribution in [1.29, 1.82) is 0 Å². The van der Waals surface area contributed by atoms with Gasteiger partial charge in [-0.05, 0) is 133 Å². The van der Waals surface area contributed by atoms with Gasteiger partial charge in [-0.3, -0.25) is 0 Å². The maximum absolute atomic E-state index is 9.00. The van der Waals surface area contributed by atoms with E-state index in [1.807, 2.05) is 63.7 Å². The predicted octanol–water partition coefficient (Wildman–Crippen LogP) is 19.0. The molecule has 0 radical (unpaired) electrons. The quantitative estimate of drug-likeness (QED) is 0.112. The Morgan fingerprint density at radius 1 is 0.590 bits per heavy atom. The molecule has 2 aromatic heterocycles. The number of aryl methyl sites for hydroxylation is 2. The molecule has 1 aliphatic carbocycles. The zero-order valence-corrected chi connectivity index (χ0v) is 48.4. The van der Waals surface area contributed by atoms with Crippen molar-refractivity contribution in [1.82, 2.24) is 18.7 Å². The van der Waals surface area contributed by atoms with Crippen LogP contribution in [-0.4, -0.2) is 15.6 Å². The van der Waals surface area contributed by atoms with E-state index in [4.69, 9.17) is 17.9 Å². The number of nitrogens with zero attached hydrogens (tertiary/aromatic N) is 4. The summed E-state index contributed by atoms with van der Waals surface area (Å²) in [6, 6.07) is 65.8. The van der Waals surface area contributed by atoms with Crippen molar-refractivity contribution in [3.8, 4) is 50.7 Å². The fraction of sp³-hybridized carbons (Fsp3) is 0.250. The van der Waals surface area contributed by atoms with E-state index in [1.165, 1.54) is 16.7 Å². The molecule has 0 bridgehead atoms. The van der Waals surface area contributed by atoms with Gasteiger partial charge in [0.05, 0.1) is 11.1 Å². The van der Waals surface area contributed by atoms with Crippen molar-refractivity contribution in [3.05, 3.63) is 216 Å². The number of para-hydroxylation sites is 3. The standard InChI is InChI=1S/C72H68N4O.Pt/c1-46-31-33-57-58-34-32-54(43-65(58)76(64(57)37-46)66-38-47(2)60(44-73-66)59-27-20-28-61-67(59)72(11,12)36-35-71(61,9)10)77-53-24-18-23-52(42-53)74-45-75(63-30-17-16-29-62(63)74)68-55(48-21-14-13-15-22-48)25-19-26-56(68)49-39-50(69(3,4)5)41-51(40-49)70(6,7)8;/h13-34,37-41,44H,35-36H2,1-12H3;/q;+2/i1D3,2D3;. The van der Waals surface area contributed by atoms with E-state index >= 15 is 0 Å². The monoisotopic (exact) mass is 1210 g/mol. The van der Waals surface area contributed by atoms with Crippen LogP contribution in [0.25, 0.3) is 61.0 Å². The molecule has 0 spiro atoms. The normalized spacial score (nSPS) is 16.1. The minimum atomic E-state index is -2.53. The Kier molecular flexibility index (Phi) is 11.4. The first-order valence-electron chi connectivity index (χ1n) is 29.8. The molecule has 8 aromatic carbocycles. The Morgan fingerprint density at radius 2 is 1.23 bits per heavy atom. The van der Waals surface area contributed by atoms with Gasteiger partial charge in [-0.25, -0.2) is 4.98 Å². The molecule has 0 saturated heterocycles. The molecule has 0 amide bonds. The van der Waals surface area contributed by atoms with Gasteiger partial charge in [-0.1, -0.05) is 189 Å². The molecule has 390 valence electrons. The third-order valence-electron chi connectivity index (χ3n) is 16.0. The second-order valence-corrected chi connectivity index (χ2v) is 24.4. The summed E-state index contributed by atoms with van der Waals surface area (Å²) in [5.41, 5.74) is 15.1. The van der Waals surface area contributed by atoms with Crippen LogP contribution in [0.15, 0.2) is 170 Å². The zero-order valence-electron chi connectivity index (χ0n) is 52.1. The largest absolute Gasteiger partial charge is 2.00 e. The molecule has 0 unspecified atom stereocenters. The number of hydrogen-bond donors (Lipinski definition) is 0. The van der Waals surface area contributed by atoms with Gasteiger partial charge < -0.3 is 9.30 Å². The summed E-state index contributed by atoms with van der Waals surface area (Å²) in [7, 11) is 0. The Bertz CT molecular complexity index is 4310. The van der Waals surface area contributed by atoms with Gasteiger partial charge >= 0.3 is 27.1 Å². The van der Waals surface area contributed by atoms with E-state index in [0.29, 0.717) is 39.6 Å². The van der Waals surface area contributed by atoms with Crippen LogP contribution in [0.5, 0.6) is 11.5 Å². The number of benzene rings is 8. The second kappa shape index (κ2) is 19.5. The van der Waals surface area contributed by atoms with E-state index in [-0.39, 0.29) is 53.9 Å². The summed E-state index contributed by atoms with van der Waals surface area (Å²) in [5, 5.41) is 1.51. The van der Waals surface area contributed by atoms with E-state index in [1.54, 1.807) is 30.5 Å². The molecule has 1 aliphatic heterocycles. The molecule has 6 heteroatoms. The summed E-state index contributed by atoms with van der Waals surface area (Å²) in [6.45, 7) is 17.7. The number of rotatable bonds is 8. The number of hydrogen-bond acceptors (Lipinski definition) is 2. The van der Waals surface area contributed by atoms with Crippen LogP contribution in [0.3, 0.4) is 0 Å². The molecule has 0 saturated carbocycles. The van der Waals surface area contributed by atoms with Crippen LogP contribution in [0.4, 0.5) is 22.7 Å². The number of aromatic nitrogens is 2. The fourth-order valence-electron chi connectivity index (χ4n) is 11.6. The molecule has 0 fully saturated rings. The van der Waals surface area contributed by atoms with Crippen molar-refractivity contribution in [3.63, 3.8) is 0 Å². The van der Waals surface area contributed by atoms with Gasteiger partial charge in [0.15, 0.2) is 0 Å². The molecule has 0 N–H and O–H groups in total. The Balaban J connectivity index is 0.00000736. The Labute approximate surface area is 484 Å². The van der Waals surface area contributed by atoms with Crippen LogP contribution in [0, 0.1) is 25.8 Å². The van der Waals surface area contributed by atoms with Crippen molar-refractivity contribution in [2.45, 2.75) is 117 Å². The van der Waals surface area contributed by atoms with E-state index in [9.17, 15) is 0 Å². The summed E-state index contributed by atoms with van der Waals surface area (Å²) in [6.07, 6.45) is 3.64. The number of pyridine rings is 1. The van der Waals surface area contributed by atoms with E-state index in [0.717, 1.165) is 74.1 Å². The van der Waals surface area contributed by atoms with Crippen molar-refractivity contribution in [2.24, 2.45) is 0 Å². The number of fused-ring (bicyclic) bond motifs is 5. The molecule has 2 aliphatic rings. The topological polar surface area (TPSA) is 33.1 Å². The SMILES string of the molecule is [2H]C([2H])([2H])c1ccc2c3ccc(Oc4[c-]c([N+]5=C=[N+](c6c(-c7ccccc7)cccc6-c6cc(C(C)(C)C)cc(C(C)(C)C)c6)c6ccccc65)ccc4)[c-]c3n(-c3cc(C([2H])([2H])[2H])c(-c4cccc5c4C(C)(C)CCC5(C)C)cn3)c2c1.[Pt+2]. The summed E-state index contributed by atoms with van der Waals surface area (Å²) in [4.78, 5) is 5.07. The summed E-state index contributed by atoms with van der Waals surface area (Å²) in [5.74, 6) is 1.10. The van der Waals surface area contributed by atoms with Crippen LogP contribution in [-0.2, 0) is 42.7 Å². The van der Waals surface area contributed by atoms with Gasteiger partial charge in [0.2, 0.25) is 5.69 Å². The first-order chi connectivity index (χ1) is 39.2. The molecule has 12 rings (SSSR count). The van der Waals surface area contributed by atoms with Crippen molar-refractivity contribution in [2.75, 3.05) is 0 Å². The van der Waals surface area contributed by atoms with Crippen LogP contribution < -0.4 is 13.9 Å². The Morgan fingerprint density at radius 3 is 1.95 bits per heavy atom. The van der Waals surface area contributed by atoms with Gasteiger partial charge in [-0.2, -0.15) is 12.1 Å². The van der Waals surface area contributed by atoms with Crippen LogP contribution in [0.1, 0.15) is 124 Å². The van der Waals surface area contributed by atoms with Gasteiger partial charge in [0.1, 0.15) is 11.5 Å². The van der Waals surface area contributed by atoms with E-state index < -0.39 is 13.7 Å². The molecule has 0 atom stereocenters. The zero-order chi connectivity index (χ0) is 58.8. The Hall–Kier alpha value is -7.42. The van der Waals surface area contributed by atoms with Crippen molar-refractivity contribution < 1.29 is 34.0 Å². The third kappa shape index (κ3) is 9.29. The van der Waals surface area contributed by atoms with Gasteiger partial charge in [-0.15, -0.1) is 23.6 Å². The maximum atomic E-state index is 9.00. The summed E-state index contributed by atoms with van der Waals surface area (Å²) < 4.78 is 64.9. The smallest absolute Gasteiger partial charge is 0.509 e. The van der Waals surface area contributed by atoms with Gasteiger partial charge in [0, 0.05) is 49.1 Å². The minimum Gasteiger partial charge on any atom is -0.509 e. The van der Waals surface area contributed by atoms with Crippen LogP contribution in [0.2, 0.25) is 0 Å². The molecular formula is C72H68N4OPt+2. The first-order valence-corrected chi connectivity index (χ1v) is 26.8. The van der Waals surface area contributed by atoms with Gasteiger partial charge in [0.25, 0.3) is 11.4 Å². The average molecular weight is 1210 g/mol. The number of ether oxygens (including phenoxy) is 1. The minimum absolute atomic E-state index is 0. The molecule has 78 heavy (non-hydrogen) atoms. The van der Waals surface area contributed by atoms with Crippen LogP contribution >= 0.6 is 0 Å². The average Bonchev–Trinajstić information content (AvgIpc) is 2.12. The maximum Gasteiger partial charge on any atom is 2.00 e. The summed E-state index contributed by atoms with van der Waals surface area (Å²) >= 11 is 0. The second-order valence-electron chi connectivity index (χ2n) is 24.4. The van der Waals surface area contributed by atoms with Crippen molar-refractivity contribution >= 4 is 50.6 Å². The molecule has 10 aromatic rings. The van der Waals surface area contributed by atoms with E-state index in [2.05, 4.69) is 177 Å². The predicted molar refractivity (Wildman–Crippen MR) is 322 cm³/mol. The molecular weight excluding hydrogens is 1130 g/mol. The molecule has 5 nitrogen and oxygen atoms in total. The fourth-order valence-corrected chi connectivity index (χ4v) is 11.6.